The van der Waals surface area contributed by atoms with Gasteiger partial charge in [0, 0.05) is 11.4 Å². The lowest BCUT2D eigenvalue weighted by atomic mass is 10.3. The van der Waals surface area contributed by atoms with Crippen molar-refractivity contribution < 1.29 is 18.2 Å². The minimum Gasteiger partial charge on any atom is -0.338 e. The summed E-state index contributed by atoms with van der Waals surface area (Å²) >= 11 is 0. The summed E-state index contributed by atoms with van der Waals surface area (Å²) < 4.78 is 25.0. The maximum Gasteiger partial charge on any atom is 0.321 e. The van der Waals surface area contributed by atoms with E-state index in [1.807, 2.05) is 0 Å². The lowest BCUT2D eigenvalue weighted by Crippen LogP contribution is -2.44. The third-order valence-electron chi connectivity index (χ3n) is 2.29. The maximum absolute atomic E-state index is 13.0. The van der Waals surface area contributed by atoms with E-state index in [1.165, 1.54) is 25.1 Å². The van der Waals surface area contributed by atoms with Crippen molar-refractivity contribution in [2.75, 3.05) is 6.54 Å². The van der Waals surface area contributed by atoms with E-state index in [2.05, 4.69) is 10.6 Å². The quantitative estimate of drug-likeness (QED) is 0.872. The monoisotopic (exact) mass is 286 g/mol. The Morgan fingerprint density at radius 3 is 2.68 bits per heavy atom. The van der Waals surface area contributed by atoms with Gasteiger partial charge < -0.3 is 5.32 Å². The zero-order valence-corrected chi connectivity index (χ0v) is 11.4. The van der Waals surface area contributed by atoms with Crippen molar-refractivity contribution in [2.45, 2.75) is 24.0 Å². The molecule has 5 nitrogen and oxygen atoms in total. The lowest BCUT2D eigenvalue weighted by molar-refractivity contribution is -0.119. The number of amides is 3. The zero-order chi connectivity index (χ0) is 14.4. The smallest absolute Gasteiger partial charge is 0.321 e. The van der Waals surface area contributed by atoms with Gasteiger partial charge in [0.2, 0.25) is 5.91 Å². The van der Waals surface area contributed by atoms with Crippen LogP contribution in [0.1, 0.15) is 13.8 Å². The Morgan fingerprint density at radius 2 is 2.11 bits per heavy atom. The standard InChI is InChI=1S/C12H15FN2O3S/c1-3-14-12(17)15-11(16)8(2)19(18)10-6-4-5-9(13)7-10/h4-8H,3H2,1-2H3,(H2,14,15,16,17). The molecule has 0 saturated heterocycles. The van der Waals surface area contributed by atoms with Crippen molar-refractivity contribution in [3.8, 4) is 0 Å². The highest BCUT2D eigenvalue weighted by molar-refractivity contribution is 7.86. The molecule has 0 spiro atoms. The van der Waals surface area contributed by atoms with Gasteiger partial charge in [0.15, 0.2) is 0 Å². The van der Waals surface area contributed by atoms with Gasteiger partial charge in [-0.15, -0.1) is 0 Å². The number of imide groups is 1. The Balaban J connectivity index is 2.71. The Hall–Kier alpha value is -1.76. The summed E-state index contributed by atoms with van der Waals surface area (Å²) in [7, 11) is -1.72. The fourth-order valence-corrected chi connectivity index (χ4v) is 2.41. The van der Waals surface area contributed by atoms with Crippen molar-refractivity contribution in [3.05, 3.63) is 30.1 Å². The van der Waals surface area contributed by atoms with E-state index in [0.717, 1.165) is 6.07 Å². The first-order valence-electron chi connectivity index (χ1n) is 5.70. The van der Waals surface area contributed by atoms with Crippen LogP contribution in [0.3, 0.4) is 0 Å². The summed E-state index contributed by atoms with van der Waals surface area (Å²) in [6.45, 7) is 3.49. The highest BCUT2D eigenvalue weighted by atomic mass is 32.2. The molecule has 0 heterocycles. The molecule has 104 valence electrons. The minimum absolute atomic E-state index is 0.207. The van der Waals surface area contributed by atoms with Crippen molar-refractivity contribution in [3.63, 3.8) is 0 Å². The van der Waals surface area contributed by atoms with E-state index in [-0.39, 0.29) is 4.90 Å². The summed E-state index contributed by atoms with van der Waals surface area (Å²) in [6, 6.07) is 4.56. The Labute approximate surface area is 113 Å². The highest BCUT2D eigenvalue weighted by Crippen LogP contribution is 2.12. The van der Waals surface area contributed by atoms with Crippen LogP contribution < -0.4 is 10.6 Å². The number of benzene rings is 1. The Morgan fingerprint density at radius 1 is 1.42 bits per heavy atom. The molecule has 0 saturated carbocycles. The molecule has 2 unspecified atom stereocenters. The van der Waals surface area contributed by atoms with Crippen molar-refractivity contribution in [1.82, 2.24) is 10.6 Å². The molecule has 0 fully saturated rings. The van der Waals surface area contributed by atoms with Crippen molar-refractivity contribution in [1.29, 1.82) is 0 Å². The molecular weight excluding hydrogens is 271 g/mol. The molecule has 0 aromatic heterocycles. The first-order chi connectivity index (χ1) is 8.95. The number of carbonyl (C=O) groups is 2. The number of urea groups is 1. The van der Waals surface area contributed by atoms with Gasteiger partial charge >= 0.3 is 6.03 Å². The van der Waals surface area contributed by atoms with Crippen LogP contribution in [0.2, 0.25) is 0 Å². The van der Waals surface area contributed by atoms with Gasteiger partial charge in [0.1, 0.15) is 11.1 Å². The Kier molecular flexibility index (Phi) is 5.62. The molecule has 2 N–H and O–H groups in total. The summed E-state index contributed by atoms with van der Waals surface area (Å²) in [5.41, 5.74) is 0. The fraction of sp³-hybridized carbons (Fsp3) is 0.333. The van der Waals surface area contributed by atoms with Crippen LogP contribution in [0.4, 0.5) is 9.18 Å². The maximum atomic E-state index is 13.0. The molecule has 2 atom stereocenters. The minimum atomic E-state index is -1.72. The van der Waals surface area contributed by atoms with E-state index in [0.29, 0.717) is 6.54 Å². The molecular formula is C12H15FN2O3S. The predicted octanol–water partition coefficient (Wildman–Crippen LogP) is 1.17. The van der Waals surface area contributed by atoms with Crippen LogP contribution in [0, 0.1) is 5.82 Å². The van der Waals surface area contributed by atoms with Gasteiger partial charge in [0.05, 0.1) is 10.8 Å². The summed E-state index contributed by atoms with van der Waals surface area (Å²) in [4.78, 5) is 23.0. The largest absolute Gasteiger partial charge is 0.338 e. The SMILES string of the molecule is CCNC(=O)NC(=O)C(C)S(=O)c1cccc(F)c1. The molecule has 7 heteroatoms. The second-order valence-corrected chi connectivity index (χ2v) is 5.52. The average Bonchev–Trinajstić information content (AvgIpc) is 2.37. The van der Waals surface area contributed by atoms with E-state index >= 15 is 0 Å². The number of rotatable bonds is 4. The third kappa shape index (κ3) is 4.44. The second kappa shape index (κ2) is 6.98. The van der Waals surface area contributed by atoms with E-state index in [1.54, 1.807) is 6.92 Å². The van der Waals surface area contributed by atoms with E-state index in [4.69, 9.17) is 0 Å². The number of carbonyl (C=O) groups excluding carboxylic acids is 2. The average molecular weight is 286 g/mol. The van der Waals surface area contributed by atoms with Gasteiger partial charge in [-0.1, -0.05) is 6.07 Å². The first kappa shape index (κ1) is 15.3. The first-order valence-corrected chi connectivity index (χ1v) is 6.91. The molecule has 1 aromatic carbocycles. The molecule has 1 aromatic rings. The van der Waals surface area contributed by atoms with E-state index < -0.39 is 33.8 Å². The van der Waals surface area contributed by atoms with Gasteiger partial charge in [0.25, 0.3) is 0 Å². The van der Waals surface area contributed by atoms with Crippen molar-refractivity contribution >= 4 is 22.7 Å². The molecule has 0 radical (unpaired) electrons. The summed E-state index contributed by atoms with van der Waals surface area (Å²) in [6.07, 6.45) is 0. The molecule has 0 aliphatic rings. The van der Waals surface area contributed by atoms with Gasteiger partial charge in [-0.2, -0.15) is 0 Å². The highest BCUT2D eigenvalue weighted by Gasteiger charge is 2.23. The number of halogens is 1. The topological polar surface area (TPSA) is 75.3 Å². The number of hydrogen-bond donors (Lipinski definition) is 2. The number of hydrogen-bond acceptors (Lipinski definition) is 3. The van der Waals surface area contributed by atoms with Crippen LogP contribution in [0.25, 0.3) is 0 Å². The molecule has 19 heavy (non-hydrogen) atoms. The molecule has 3 amide bonds. The van der Waals surface area contributed by atoms with Gasteiger partial charge in [-0.3, -0.25) is 14.3 Å². The normalized spacial score (nSPS) is 13.4. The second-order valence-electron chi connectivity index (χ2n) is 3.75. The van der Waals surface area contributed by atoms with Gasteiger partial charge in [-0.25, -0.2) is 9.18 Å². The van der Waals surface area contributed by atoms with Crippen LogP contribution >= 0.6 is 0 Å². The van der Waals surface area contributed by atoms with Crippen LogP contribution in [-0.2, 0) is 15.6 Å². The summed E-state index contributed by atoms with van der Waals surface area (Å²) in [5, 5.41) is 3.51. The van der Waals surface area contributed by atoms with Crippen LogP contribution in [0.15, 0.2) is 29.2 Å². The van der Waals surface area contributed by atoms with Crippen molar-refractivity contribution in [2.24, 2.45) is 0 Å². The molecule has 0 aliphatic carbocycles. The third-order valence-corrected chi connectivity index (χ3v) is 3.87. The van der Waals surface area contributed by atoms with Gasteiger partial charge in [-0.05, 0) is 32.0 Å². The molecule has 0 bridgehead atoms. The predicted molar refractivity (Wildman–Crippen MR) is 69.5 cm³/mol. The number of nitrogens with one attached hydrogen (secondary N) is 2. The summed E-state index contributed by atoms with van der Waals surface area (Å²) in [5.74, 6) is -1.20. The molecule has 1 rings (SSSR count). The zero-order valence-electron chi connectivity index (χ0n) is 10.6. The van der Waals surface area contributed by atoms with E-state index in [9.17, 15) is 18.2 Å². The lowest BCUT2D eigenvalue weighted by Gasteiger charge is -2.11. The van der Waals surface area contributed by atoms with Crippen LogP contribution in [-0.4, -0.2) is 27.9 Å². The Bertz CT molecular complexity index is 508. The molecule has 0 aliphatic heterocycles. The van der Waals surface area contributed by atoms with Crippen LogP contribution in [0.5, 0.6) is 0 Å². The fourth-order valence-electron chi connectivity index (χ4n) is 1.31.